The Balaban J connectivity index is 1.73. The summed E-state index contributed by atoms with van der Waals surface area (Å²) in [4.78, 5) is 14.3. The number of nitrogens with zero attached hydrogens (tertiary/aromatic N) is 1. The van der Waals surface area contributed by atoms with Crippen LogP contribution in [0.1, 0.15) is 17.2 Å². The van der Waals surface area contributed by atoms with Gasteiger partial charge in [0.2, 0.25) is 5.91 Å². The summed E-state index contributed by atoms with van der Waals surface area (Å²) >= 11 is 0. The largest absolute Gasteiger partial charge is 0.341 e. The highest BCUT2D eigenvalue weighted by Gasteiger charge is 2.35. The molecule has 0 aromatic heterocycles. The van der Waals surface area contributed by atoms with E-state index >= 15 is 0 Å². The van der Waals surface area contributed by atoms with Crippen LogP contribution < -0.4 is 10.9 Å². The van der Waals surface area contributed by atoms with Gasteiger partial charge in [-0.25, -0.2) is 14.2 Å². The molecule has 1 aliphatic heterocycles. The van der Waals surface area contributed by atoms with Crippen LogP contribution in [-0.2, 0) is 11.3 Å². The predicted octanol–water partition coefficient (Wildman–Crippen LogP) is 2.39. The molecule has 1 saturated heterocycles. The summed E-state index contributed by atoms with van der Waals surface area (Å²) in [5.41, 5.74) is 7.35. The Morgan fingerprint density at radius 3 is 2.58 bits per heavy atom. The smallest absolute Gasteiger partial charge is 0.229 e. The van der Waals surface area contributed by atoms with Crippen molar-refractivity contribution in [2.45, 2.75) is 12.6 Å². The normalized spacial score (nSPS) is 20.1. The van der Waals surface area contributed by atoms with E-state index in [1.54, 1.807) is 37.4 Å². The van der Waals surface area contributed by atoms with Crippen molar-refractivity contribution < 1.29 is 13.6 Å². The molecular formula is C18H19F2N3O. The van der Waals surface area contributed by atoms with E-state index in [1.807, 2.05) is 0 Å². The van der Waals surface area contributed by atoms with Crippen molar-refractivity contribution in [3.63, 3.8) is 0 Å². The van der Waals surface area contributed by atoms with E-state index in [-0.39, 0.29) is 36.0 Å². The van der Waals surface area contributed by atoms with E-state index in [0.717, 1.165) is 5.56 Å². The van der Waals surface area contributed by atoms with Crippen LogP contribution in [0.25, 0.3) is 0 Å². The Kier molecular flexibility index (Phi) is 4.87. The molecule has 4 nitrogen and oxygen atoms in total. The van der Waals surface area contributed by atoms with Gasteiger partial charge in [0.25, 0.3) is 0 Å². The zero-order valence-electron chi connectivity index (χ0n) is 13.3. The van der Waals surface area contributed by atoms with E-state index in [0.29, 0.717) is 12.1 Å². The lowest BCUT2D eigenvalue weighted by Gasteiger charge is -2.24. The topological polar surface area (TPSA) is 44.4 Å². The molecular weight excluding hydrogens is 312 g/mol. The van der Waals surface area contributed by atoms with Crippen LogP contribution in [0.15, 0.2) is 48.5 Å². The van der Waals surface area contributed by atoms with Gasteiger partial charge in [-0.05, 0) is 23.8 Å². The SMILES string of the molecule is CN(Cc1ccccc1F)C(=O)C1CNNC1c1ccc(F)cc1. The lowest BCUT2D eigenvalue weighted by molar-refractivity contribution is -0.134. The summed E-state index contributed by atoms with van der Waals surface area (Å²) in [6.07, 6.45) is 0. The highest BCUT2D eigenvalue weighted by atomic mass is 19.1. The van der Waals surface area contributed by atoms with E-state index in [9.17, 15) is 13.6 Å². The molecule has 2 aromatic rings. The van der Waals surface area contributed by atoms with Crippen LogP contribution in [0.4, 0.5) is 8.78 Å². The second-order valence-corrected chi connectivity index (χ2v) is 5.95. The number of hydrogen-bond acceptors (Lipinski definition) is 3. The Bertz CT molecular complexity index is 720. The number of nitrogens with one attached hydrogen (secondary N) is 2. The van der Waals surface area contributed by atoms with Crippen molar-refractivity contribution >= 4 is 5.91 Å². The third kappa shape index (κ3) is 3.44. The molecule has 1 aliphatic rings. The van der Waals surface area contributed by atoms with Gasteiger partial charge in [0.1, 0.15) is 11.6 Å². The van der Waals surface area contributed by atoms with Gasteiger partial charge in [0.15, 0.2) is 0 Å². The number of halogens is 2. The number of benzene rings is 2. The second-order valence-electron chi connectivity index (χ2n) is 5.95. The van der Waals surface area contributed by atoms with Crippen LogP contribution in [0.2, 0.25) is 0 Å². The minimum absolute atomic E-state index is 0.0925. The second kappa shape index (κ2) is 7.07. The summed E-state index contributed by atoms with van der Waals surface area (Å²) in [6.45, 7) is 0.667. The highest BCUT2D eigenvalue weighted by molar-refractivity contribution is 5.80. The molecule has 2 atom stereocenters. The van der Waals surface area contributed by atoms with Crippen molar-refractivity contribution in [3.8, 4) is 0 Å². The number of carbonyl (C=O) groups excluding carboxylic acids is 1. The lowest BCUT2D eigenvalue weighted by atomic mass is 9.93. The Labute approximate surface area is 139 Å². The third-order valence-corrected chi connectivity index (χ3v) is 4.27. The van der Waals surface area contributed by atoms with Crippen molar-refractivity contribution in [2.75, 3.05) is 13.6 Å². The summed E-state index contributed by atoms with van der Waals surface area (Å²) in [5, 5.41) is 0. The van der Waals surface area contributed by atoms with Gasteiger partial charge < -0.3 is 4.90 Å². The number of rotatable bonds is 4. The summed E-state index contributed by atoms with van der Waals surface area (Å²) in [6, 6.07) is 12.2. The quantitative estimate of drug-likeness (QED) is 0.904. The molecule has 6 heteroatoms. The molecule has 0 aliphatic carbocycles. The average molecular weight is 331 g/mol. The Morgan fingerprint density at radius 1 is 1.17 bits per heavy atom. The highest BCUT2D eigenvalue weighted by Crippen LogP contribution is 2.27. The minimum atomic E-state index is -0.341. The summed E-state index contributed by atoms with van der Waals surface area (Å²) in [5.74, 6) is -1.07. The van der Waals surface area contributed by atoms with Crippen LogP contribution in [0, 0.1) is 17.6 Å². The van der Waals surface area contributed by atoms with Crippen LogP contribution in [0.5, 0.6) is 0 Å². The van der Waals surface area contributed by atoms with Crippen LogP contribution >= 0.6 is 0 Å². The van der Waals surface area contributed by atoms with Crippen molar-refractivity contribution in [1.29, 1.82) is 0 Å². The summed E-state index contributed by atoms with van der Waals surface area (Å²) < 4.78 is 26.9. The molecule has 0 saturated carbocycles. The van der Waals surface area contributed by atoms with Gasteiger partial charge in [-0.3, -0.25) is 10.2 Å². The van der Waals surface area contributed by atoms with Crippen LogP contribution in [0.3, 0.4) is 0 Å². The maximum absolute atomic E-state index is 13.8. The molecule has 126 valence electrons. The van der Waals surface area contributed by atoms with E-state index in [1.165, 1.54) is 23.1 Å². The first-order chi connectivity index (χ1) is 11.6. The van der Waals surface area contributed by atoms with Crippen LogP contribution in [-0.4, -0.2) is 24.4 Å². The lowest BCUT2D eigenvalue weighted by Crippen LogP contribution is -2.36. The van der Waals surface area contributed by atoms with Crippen molar-refractivity contribution in [1.82, 2.24) is 15.8 Å². The molecule has 3 rings (SSSR count). The zero-order valence-corrected chi connectivity index (χ0v) is 13.3. The molecule has 1 fully saturated rings. The third-order valence-electron chi connectivity index (χ3n) is 4.27. The van der Waals surface area contributed by atoms with Crippen molar-refractivity contribution in [2.24, 2.45) is 5.92 Å². The van der Waals surface area contributed by atoms with E-state index in [4.69, 9.17) is 0 Å². The predicted molar refractivity (Wildman–Crippen MR) is 86.6 cm³/mol. The van der Waals surface area contributed by atoms with Crippen molar-refractivity contribution in [3.05, 3.63) is 71.3 Å². The first-order valence-electron chi connectivity index (χ1n) is 7.78. The average Bonchev–Trinajstić information content (AvgIpc) is 3.06. The van der Waals surface area contributed by atoms with Gasteiger partial charge >= 0.3 is 0 Å². The van der Waals surface area contributed by atoms with Gasteiger partial charge in [-0.1, -0.05) is 30.3 Å². The van der Waals surface area contributed by atoms with Gasteiger partial charge in [-0.15, -0.1) is 0 Å². The first kappa shape index (κ1) is 16.5. The fourth-order valence-corrected chi connectivity index (χ4v) is 2.96. The fraction of sp³-hybridized carbons (Fsp3) is 0.278. The van der Waals surface area contributed by atoms with Gasteiger partial charge in [0, 0.05) is 25.7 Å². The minimum Gasteiger partial charge on any atom is -0.341 e. The Hall–Kier alpha value is -2.31. The van der Waals surface area contributed by atoms with E-state index in [2.05, 4.69) is 10.9 Å². The van der Waals surface area contributed by atoms with E-state index < -0.39 is 0 Å². The molecule has 1 heterocycles. The maximum Gasteiger partial charge on any atom is 0.229 e. The molecule has 2 unspecified atom stereocenters. The Morgan fingerprint density at radius 2 is 1.88 bits per heavy atom. The fourth-order valence-electron chi connectivity index (χ4n) is 2.96. The molecule has 24 heavy (non-hydrogen) atoms. The monoisotopic (exact) mass is 331 g/mol. The number of hydrogen-bond donors (Lipinski definition) is 2. The molecule has 1 amide bonds. The molecule has 2 aromatic carbocycles. The molecule has 2 N–H and O–H groups in total. The number of amides is 1. The number of hydrazine groups is 1. The molecule has 0 bridgehead atoms. The molecule has 0 spiro atoms. The maximum atomic E-state index is 13.8. The standard InChI is InChI=1S/C18H19F2N3O/c1-23(11-13-4-2-3-5-16(13)20)18(24)15-10-21-22-17(15)12-6-8-14(19)9-7-12/h2-9,15,17,21-22H,10-11H2,1H3. The first-order valence-corrected chi connectivity index (χ1v) is 7.78. The molecule has 0 radical (unpaired) electrons. The zero-order chi connectivity index (χ0) is 17.1. The number of carbonyl (C=O) groups is 1. The van der Waals surface area contributed by atoms with Gasteiger partial charge in [-0.2, -0.15) is 0 Å². The van der Waals surface area contributed by atoms with Gasteiger partial charge in [0.05, 0.1) is 12.0 Å². The summed E-state index contributed by atoms with van der Waals surface area (Å²) in [7, 11) is 1.66.